The SMILES string of the molecule is CNC(=O)C(NC(=O)c1ccc(N(C)C)nc1)c1ccc(F)c(F)c1. The summed E-state index contributed by atoms with van der Waals surface area (Å²) in [6.45, 7) is 0. The molecule has 0 saturated heterocycles. The number of pyridine rings is 1. The number of benzene rings is 1. The van der Waals surface area contributed by atoms with Gasteiger partial charge in [-0.1, -0.05) is 6.07 Å². The summed E-state index contributed by atoms with van der Waals surface area (Å²) in [6, 6.07) is 5.07. The Morgan fingerprint density at radius 3 is 2.36 bits per heavy atom. The van der Waals surface area contributed by atoms with Crippen molar-refractivity contribution >= 4 is 17.6 Å². The lowest BCUT2D eigenvalue weighted by Crippen LogP contribution is -2.39. The molecule has 2 amide bonds. The van der Waals surface area contributed by atoms with E-state index in [4.69, 9.17) is 0 Å². The summed E-state index contributed by atoms with van der Waals surface area (Å²) in [5, 5.41) is 4.89. The van der Waals surface area contributed by atoms with Crippen molar-refractivity contribution in [3.05, 3.63) is 59.3 Å². The van der Waals surface area contributed by atoms with Gasteiger partial charge in [-0.15, -0.1) is 0 Å². The predicted octanol–water partition coefficient (Wildman–Crippen LogP) is 1.64. The number of carbonyl (C=O) groups excluding carboxylic acids is 2. The van der Waals surface area contributed by atoms with Gasteiger partial charge in [0.1, 0.15) is 11.9 Å². The number of halogens is 2. The fourth-order valence-corrected chi connectivity index (χ4v) is 2.14. The molecule has 6 nitrogen and oxygen atoms in total. The second kappa shape index (κ2) is 7.69. The van der Waals surface area contributed by atoms with E-state index in [9.17, 15) is 18.4 Å². The molecule has 132 valence electrons. The number of nitrogens with one attached hydrogen (secondary N) is 2. The molecule has 0 bridgehead atoms. The van der Waals surface area contributed by atoms with Crippen molar-refractivity contribution in [2.75, 3.05) is 26.0 Å². The van der Waals surface area contributed by atoms with Gasteiger partial charge in [0.2, 0.25) is 5.91 Å². The van der Waals surface area contributed by atoms with Crippen molar-refractivity contribution in [2.24, 2.45) is 0 Å². The van der Waals surface area contributed by atoms with Crippen molar-refractivity contribution in [3.63, 3.8) is 0 Å². The molecular formula is C17H18F2N4O2. The Morgan fingerprint density at radius 1 is 1.12 bits per heavy atom. The third-order valence-corrected chi connectivity index (χ3v) is 3.53. The number of rotatable bonds is 5. The Kier molecular flexibility index (Phi) is 5.63. The standard InChI is InChI=1S/C17H18F2N4O2/c1-20-17(25)15(10-4-6-12(18)13(19)8-10)22-16(24)11-5-7-14(21-9-11)23(2)3/h4-9,15H,1-3H3,(H,20,25)(H,22,24). The molecule has 1 heterocycles. The van der Waals surface area contributed by atoms with E-state index in [1.54, 1.807) is 17.0 Å². The molecule has 2 N–H and O–H groups in total. The van der Waals surface area contributed by atoms with Gasteiger partial charge in [-0.2, -0.15) is 0 Å². The highest BCUT2D eigenvalue weighted by Gasteiger charge is 2.23. The second-order valence-electron chi connectivity index (χ2n) is 5.49. The van der Waals surface area contributed by atoms with Gasteiger partial charge in [-0.25, -0.2) is 13.8 Å². The van der Waals surface area contributed by atoms with Gasteiger partial charge >= 0.3 is 0 Å². The molecule has 0 saturated carbocycles. The first-order chi connectivity index (χ1) is 11.8. The van der Waals surface area contributed by atoms with Gasteiger partial charge in [0.25, 0.3) is 5.91 Å². The van der Waals surface area contributed by atoms with Gasteiger partial charge in [0, 0.05) is 27.3 Å². The Morgan fingerprint density at radius 2 is 1.84 bits per heavy atom. The minimum absolute atomic E-state index is 0.129. The number of nitrogens with zero attached hydrogens (tertiary/aromatic N) is 2. The quantitative estimate of drug-likeness (QED) is 0.862. The Labute approximate surface area is 143 Å². The number of hydrogen-bond donors (Lipinski definition) is 2. The molecule has 0 radical (unpaired) electrons. The molecule has 0 spiro atoms. The molecule has 0 fully saturated rings. The summed E-state index contributed by atoms with van der Waals surface area (Å²) >= 11 is 0. The van der Waals surface area contributed by atoms with Crippen LogP contribution in [0.15, 0.2) is 36.5 Å². The van der Waals surface area contributed by atoms with Gasteiger partial charge in [-0.05, 0) is 29.8 Å². The van der Waals surface area contributed by atoms with Crippen molar-refractivity contribution in [1.82, 2.24) is 15.6 Å². The van der Waals surface area contributed by atoms with Gasteiger partial charge < -0.3 is 15.5 Å². The molecule has 2 aromatic rings. The minimum Gasteiger partial charge on any atom is -0.363 e. The number of hydrogen-bond acceptors (Lipinski definition) is 4. The summed E-state index contributed by atoms with van der Waals surface area (Å²) in [6.07, 6.45) is 1.37. The van der Waals surface area contributed by atoms with Crippen LogP contribution in [0.1, 0.15) is 22.0 Å². The van der Waals surface area contributed by atoms with E-state index >= 15 is 0 Å². The van der Waals surface area contributed by atoms with E-state index in [-0.39, 0.29) is 11.1 Å². The molecule has 1 aromatic heterocycles. The van der Waals surface area contributed by atoms with Crippen LogP contribution < -0.4 is 15.5 Å². The Hall–Kier alpha value is -3.03. The highest BCUT2D eigenvalue weighted by atomic mass is 19.2. The second-order valence-corrected chi connectivity index (χ2v) is 5.49. The van der Waals surface area contributed by atoms with E-state index in [1.165, 1.54) is 19.3 Å². The van der Waals surface area contributed by atoms with Crippen LogP contribution >= 0.6 is 0 Å². The maximum atomic E-state index is 13.5. The van der Waals surface area contributed by atoms with Crippen LogP contribution in [-0.2, 0) is 4.79 Å². The van der Waals surface area contributed by atoms with Crippen LogP contribution in [0.25, 0.3) is 0 Å². The zero-order chi connectivity index (χ0) is 18.6. The topological polar surface area (TPSA) is 74.3 Å². The number of anilines is 1. The van der Waals surface area contributed by atoms with Crippen LogP contribution in [0.5, 0.6) is 0 Å². The van der Waals surface area contributed by atoms with Gasteiger partial charge in [-0.3, -0.25) is 9.59 Å². The van der Waals surface area contributed by atoms with Crippen LogP contribution in [0.3, 0.4) is 0 Å². The molecule has 0 aliphatic rings. The normalized spacial score (nSPS) is 11.6. The van der Waals surface area contributed by atoms with Crippen LogP contribution in [0.4, 0.5) is 14.6 Å². The first-order valence-electron chi connectivity index (χ1n) is 7.44. The fraction of sp³-hybridized carbons (Fsp3) is 0.235. The molecule has 25 heavy (non-hydrogen) atoms. The predicted molar refractivity (Wildman–Crippen MR) is 89.2 cm³/mol. The molecule has 2 rings (SSSR count). The van der Waals surface area contributed by atoms with Crippen LogP contribution in [0.2, 0.25) is 0 Å². The van der Waals surface area contributed by atoms with Crippen molar-refractivity contribution < 1.29 is 18.4 Å². The van der Waals surface area contributed by atoms with E-state index in [1.807, 2.05) is 14.1 Å². The van der Waals surface area contributed by atoms with E-state index in [0.717, 1.165) is 12.1 Å². The molecule has 0 aliphatic carbocycles. The summed E-state index contributed by atoms with van der Waals surface area (Å²) < 4.78 is 26.6. The van der Waals surface area contributed by atoms with Gasteiger partial charge in [0.05, 0.1) is 5.56 Å². The third-order valence-electron chi connectivity index (χ3n) is 3.53. The van der Waals surface area contributed by atoms with E-state index in [0.29, 0.717) is 5.82 Å². The van der Waals surface area contributed by atoms with Crippen LogP contribution in [0, 0.1) is 11.6 Å². The molecule has 1 atom stereocenters. The molecule has 1 aromatic carbocycles. The minimum atomic E-state index is -1.17. The number of likely N-dealkylation sites (N-methyl/N-ethyl adjacent to an activating group) is 1. The van der Waals surface area contributed by atoms with Gasteiger partial charge in [0.15, 0.2) is 11.6 Å². The number of amides is 2. The third kappa shape index (κ3) is 4.28. The number of carbonyl (C=O) groups is 2. The Balaban J connectivity index is 2.25. The largest absolute Gasteiger partial charge is 0.363 e. The van der Waals surface area contributed by atoms with E-state index in [2.05, 4.69) is 15.6 Å². The average molecular weight is 348 g/mol. The maximum absolute atomic E-state index is 13.5. The lowest BCUT2D eigenvalue weighted by molar-refractivity contribution is -0.122. The zero-order valence-electron chi connectivity index (χ0n) is 14.0. The fourth-order valence-electron chi connectivity index (χ4n) is 2.14. The Bertz CT molecular complexity index is 779. The first-order valence-corrected chi connectivity index (χ1v) is 7.44. The van der Waals surface area contributed by atoms with Crippen molar-refractivity contribution in [3.8, 4) is 0 Å². The average Bonchev–Trinajstić information content (AvgIpc) is 2.61. The highest BCUT2D eigenvalue weighted by molar-refractivity contribution is 5.97. The van der Waals surface area contributed by atoms with Crippen LogP contribution in [-0.4, -0.2) is 37.9 Å². The maximum Gasteiger partial charge on any atom is 0.253 e. The molecule has 1 unspecified atom stereocenters. The number of aromatic nitrogens is 1. The summed E-state index contributed by atoms with van der Waals surface area (Å²) in [7, 11) is 5.01. The lowest BCUT2D eigenvalue weighted by atomic mass is 10.1. The monoisotopic (exact) mass is 348 g/mol. The molecule has 8 heteroatoms. The molecular weight excluding hydrogens is 330 g/mol. The lowest BCUT2D eigenvalue weighted by Gasteiger charge is -2.18. The summed E-state index contributed by atoms with van der Waals surface area (Å²) in [5.74, 6) is -2.58. The first kappa shape index (κ1) is 18.3. The highest BCUT2D eigenvalue weighted by Crippen LogP contribution is 2.18. The van der Waals surface area contributed by atoms with Crippen molar-refractivity contribution in [2.45, 2.75) is 6.04 Å². The smallest absolute Gasteiger partial charge is 0.253 e. The van der Waals surface area contributed by atoms with Crippen molar-refractivity contribution in [1.29, 1.82) is 0 Å². The van der Waals surface area contributed by atoms with E-state index < -0.39 is 29.5 Å². The summed E-state index contributed by atoms with van der Waals surface area (Å²) in [5.41, 5.74) is 0.367. The zero-order valence-corrected chi connectivity index (χ0v) is 14.0. The molecule has 0 aliphatic heterocycles. The summed E-state index contributed by atoms with van der Waals surface area (Å²) in [4.78, 5) is 30.3.